The quantitative estimate of drug-likeness (QED) is 0.465. The van der Waals surface area contributed by atoms with Gasteiger partial charge in [-0.15, -0.1) is 0 Å². The van der Waals surface area contributed by atoms with Gasteiger partial charge < -0.3 is 15.5 Å². The van der Waals surface area contributed by atoms with E-state index in [0.717, 1.165) is 42.9 Å². The maximum atomic E-state index is 12.2. The molecule has 0 radical (unpaired) electrons. The Balaban J connectivity index is 1.47. The molecular formula is C22H35N5O3S. The van der Waals surface area contributed by atoms with Crippen molar-refractivity contribution in [3.63, 3.8) is 0 Å². The summed E-state index contributed by atoms with van der Waals surface area (Å²) < 4.78 is 26.1. The van der Waals surface area contributed by atoms with E-state index in [0.29, 0.717) is 39.0 Å². The van der Waals surface area contributed by atoms with E-state index in [1.54, 1.807) is 11.4 Å². The van der Waals surface area contributed by atoms with E-state index in [9.17, 15) is 13.2 Å². The monoisotopic (exact) mass is 449 g/mol. The van der Waals surface area contributed by atoms with Crippen LogP contribution in [-0.2, 0) is 27.9 Å². The van der Waals surface area contributed by atoms with Gasteiger partial charge in [-0.05, 0) is 36.8 Å². The van der Waals surface area contributed by atoms with Crippen molar-refractivity contribution in [3.05, 3.63) is 35.4 Å². The van der Waals surface area contributed by atoms with Crippen LogP contribution in [0.5, 0.6) is 0 Å². The third-order valence-corrected chi connectivity index (χ3v) is 7.95. The van der Waals surface area contributed by atoms with Crippen LogP contribution in [0.1, 0.15) is 50.2 Å². The van der Waals surface area contributed by atoms with Crippen molar-refractivity contribution in [3.8, 4) is 0 Å². The SMILES string of the molecule is CCCS(=O)(=O)N1CCC(NC(=NC)NCc2cccc(CN3CCCC3=O)c2)CC1. The molecule has 0 spiro atoms. The number of amides is 1. The van der Waals surface area contributed by atoms with Gasteiger partial charge in [-0.1, -0.05) is 31.2 Å². The van der Waals surface area contributed by atoms with E-state index in [1.165, 1.54) is 0 Å². The highest BCUT2D eigenvalue weighted by Crippen LogP contribution is 2.16. The van der Waals surface area contributed by atoms with Crippen molar-refractivity contribution in [2.24, 2.45) is 4.99 Å². The maximum absolute atomic E-state index is 12.2. The lowest BCUT2D eigenvalue weighted by Gasteiger charge is -2.32. The molecule has 172 valence electrons. The zero-order valence-corrected chi connectivity index (χ0v) is 19.5. The van der Waals surface area contributed by atoms with Crippen LogP contribution in [0.15, 0.2) is 29.3 Å². The predicted octanol–water partition coefficient (Wildman–Crippen LogP) is 1.68. The Bertz CT molecular complexity index is 879. The number of likely N-dealkylation sites (tertiary alicyclic amines) is 1. The molecule has 2 saturated heterocycles. The highest BCUT2D eigenvalue weighted by molar-refractivity contribution is 7.89. The molecule has 0 bridgehead atoms. The van der Waals surface area contributed by atoms with Crippen LogP contribution in [0.2, 0.25) is 0 Å². The van der Waals surface area contributed by atoms with E-state index >= 15 is 0 Å². The first-order chi connectivity index (χ1) is 14.9. The lowest BCUT2D eigenvalue weighted by atomic mass is 10.1. The number of aliphatic imine (C=N–C) groups is 1. The van der Waals surface area contributed by atoms with E-state index in [2.05, 4.69) is 33.8 Å². The topological polar surface area (TPSA) is 94.1 Å². The van der Waals surface area contributed by atoms with Gasteiger partial charge in [0.05, 0.1) is 5.75 Å². The maximum Gasteiger partial charge on any atom is 0.222 e. The third kappa shape index (κ3) is 6.67. The van der Waals surface area contributed by atoms with Crippen molar-refractivity contribution in [2.45, 2.75) is 58.2 Å². The van der Waals surface area contributed by atoms with Gasteiger partial charge in [0.1, 0.15) is 0 Å². The summed E-state index contributed by atoms with van der Waals surface area (Å²) in [5.41, 5.74) is 2.27. The summed E-state index contributed by atoms with van der Waals surface area (Å²) in [5, 5.41) is 6.77. The van der Waals surface area contributed by atoms with Crippen molar-refractivity contribution < 1.29 is 13.2 Å². The zero-order chi connectivity index (χ0) is 22.3. The molecule has 0 saturated carbocycles. The fourth-order valence-electron chi connectivity index (χ4n) is 4.17. The predicted molar refractivity (Wildman–Crippen MR) is 123 cm³/mol. The van der Waals surface area contributed by atoms with E-state index < -0.39 is 10.0 Å². The molecule has 2 N–H and O–H groups in total. The number of benzene rings is 1. The number of carbonyl (C=O) groups excluding carboxylic acids is 1. The number of nitrogens with one attached hydrogen (secondary N) is 2. The van der Waals surface area contributed by atoms with Gasteiger partial charge in [0.2, 0.25) is 15.9 Å². The van der Waals surface area contributed by atoms with Crippen LogP contribution >= 0.6 is 0 Å². The largest absolute Gasteiger partial charge is 0.354 e. The fourth-order valence-corrected chi connectivity index (χ4v) is 5.71. The number of guanidine groups is 1. The van der Waals surface area contributed by atoms with Gasteiger partial charge in [-0.2, -0.15) is 0 Å². The molecular weight excluding hydrogens is 414 g/mol. The van der Waals surface area contributed by atoms with Crippen LogP contribution in [0.4, 0.5) is 0 Å². The Morgan fingerprint density at radius 1 is 1.19 bits per heavy atom. The normalized spacial score (nSPS) is 19.1. The number of sulfonamides is 1. The summed E-state index contributed by atoms with van der Waals surface area (Å²) in [7, 11) is -1.38. The second-order valence-electron chi connectivity index (χ2n) is 8.30. The molecule has 1 aromatic carbocycles. The van der Waals surface area contributed by atoms with Crippen LogP contribution in [-0.4, -0.2) is 68.0 Å². The summed E-state index contributed by atoms with van der Waals surface area (Å²) >= 11 is 0. The highest BCUT2D eigenvalue weighted by atomic mass is 32.2. The summed E-state index contributed by atoms with van der Waals surface area (Å²) in [6, 6.07) is 8.47. The van der Waals surface area contributed by atoms with Crippen molar-refractivity contribution in [1.29, 1.82) is 0 Å². The van der Waals surface area contributed by atoms with Gasteiger partial charge in [0.25, 0.3) is 0 Å². The first-order valence-corrected chi connectivity index (χ1v) is 12.8. The highest BCUT2D eigenvalue weighted by Gasteiger charge is 2.27. The van der Waals surface area contributed by atoms with Gasteiger partial charge in [-0.25, -0.2) is 12.7 Å². The molecule has 2 aliphatic heterocycles. The first kappa shape index (κ1) is 23.5. The summed E-state index contributed by atoms with van der Waals surface area (Å²) in [4.78, 5) is 18.1. The van der Waals surface area contributed by atoms with Crippen LogP contribution < -0.4 is 10.6 Å². The lowest BCUT2D eigenvalue weighted by molar-refractivity contribution is -0.128. The van der Waals surface area contributed by atoms with Gasteiger partial charge in [0, 0.05) is 52.2 Å². The molecule has 31 heavy (non-hydrogen) atoms. The van der Waals surface area contributed by atoms with Gasteiger partial charge in [0.15, 0.2) is 5.96 Å². The Hall–Kier alpha value is -2.13. The molecule has 3 rings (SSSR count). The molecule has 2 heterocycles. The van der Waals surface area contributed by atoms with Crippen LogP contribution in [0.3, 0.4) is 0 Å². The molecule has 0 aromatic heterocycles. The van der Waals surface area contributed by atoms with E-state index in [-0.39, 0.29) is 17.7 Å². The standard InChI is InChI=1S/C22H35N5O3S/c1-3-14-31(29,30)27-12-9-20(10-13-27)25-22(23-2)24-16-18-6-4-7-19(15-18)17-26-11-5-8-21(26)28/h4,6-7,15,20H,3,5,8-14,16-17H2,1-2H3,(H2,23,24,25). The molecule has 1 amide bonds. The number of piperidine rings is 1. The molecule has 9 heteroatoms. The first-order valence-electron chi connectivity index (χ1n) is 11.2. The second kappa shape index (κ2) is 10.9. The van der Waals surface area contributed by atoms with Gasteiger partial charge in [-0.3, -0.25) is 9.79 Å². The number of carbonyl (C=O) groups is 1. The molecule has 0 atom stereocenters. The molecule has 0 unspecified atom stereocenters. The average molecular weight is 450 g/mol. The second-order valence-corrected chi connectivity index (χ2v) is 10.4. The summed E-state index contributed by atoms with van der Waals surface area (Å²) in [6.07, 6.45) is 3.79. The average Bonchev–Trinajstić information content (AvgIpc) is 3.16. The third-order valence-electron chi connectivity index (χ3n) is 5.87. The van der Waals surface area contributed by atoms with Crippen molar-refractivity contribution in [1.82, 2.24) is 19.8 Å². The number of nitrogens with zero attached hydrogens (tertiary/aromatic N) is 3. The number of hydrogen-bond donors (Lipinski definition) is 2. The Morgan fingerprint density at radius 2 is 1.94 bits per heavy atom. The minimum Gasteiger partial charge on any atom is -0.354 e. The Labute approximate surface area is 186 Å². The smallest absolute Gasteiger partial charge is 0.222 e. The van der Waals surface area contributed by atoms with Crippen molar-refractivity contribution >= 4 is 21.9 Å². The minimum atomic E-state index is -3.12. The van der Waals surface area contributed by atoms with E-state index in [1.807, 2.05) is 17.9 Å². The summed E-state index contributed by atoms with van der Waals surface area (Å²) in [5.74, 6) is 1.18. The molecule has 1 aromatic rings. The van der Waals surface area contributed by atoms with Crippen LogP contribution in [0, 0.1) is 0 Å². The molecule has 8 nitrogen and oxygen atoms in total. The van der Waals surface area contributed by atoms with Gasteiger partial charge >= 0.3 is 0 Å². The summed E-state index contributed by atoms with van der Waals surface area (Å²) in [6.45, 7) is 5.13. The fraction of sp³-hybridized carbons (Fsp3) is 0.636. The molecule has 2 aliphatic rings. The Kier molecular flexibility index (Phi) is 8.31. The molecule has 2 fully saturated rings. The van der Waals surface area contributed by atoms with Crippen molar-refractivity contribution in [2.75, 3.05) is 32.4 Å². The molecule has 0 aliphatic carbocycles. The number of rotatable bonds is 8. The van der Waals surface area contributed by atoms with Crippen LogP contribution in [0.25, 0.3) is 0 Å². The Morgan fingerprint density at radius 3 is 2.58 bits per heavy atom. The van der Waals surface area contributed by atoms with E-state index in [4.69, 9.17) is 0 Å². The minimum absolute atomic E-state index is 0.201. The number of hydrogen-bond acceptors (Lipinski definition) is 4. The zero-order valence-electron chi connectivity index (χ0n) is 18.6. The lowest BCUT2D eigenvalue weighted by Crippen LogP contribution is -2.49.